The Balaban J connectivity index is 1.88. The average molecular weight is 422 g/mol. The summed E-state index contributed by atoms with van der Waals surface area (Å²) in [5, 5.41) is 8.25. The molecule has 1 unspecified atom stereocenters. The summed E-state index contributed by atoms with van der Waals surface area (Å²) < 4.78 is 54.8. The second kappa shape index (κ2) is 7.71. The third kappa shape index (κ3) is 4.08. The predicted molar refractivity (Wildman–Crippen MR) is 96.6 cm³/mol. The minimum Gasteiger partial charge on any atom is -0.388 e. The summed E-state index contributed by atoms with van der Waals surface area (Å²) in [6, 6.07) is 2.74. The van der Waals surface area contributed by atoms with E-state index >= 15 is 0 Å². The predicted octanol–water partition coefficient (Wildman–Crippen LogP) is 5.88. The first-order chi connectivity index (χ1) is 12.7. The molecule has 2 heterocycles. The van der Waals surface area contributed by atoms with Crippen molar-refractivity contribution in [2.24, 2.45) is 5.16 Å². The number of alkyl halides is 2. The van der Waals surface area contributed by atoms with Gasteiger partial charge in [0.2, 0.25) is 0 Å². The van der Waals surface area contributed by atoms with Crippen molar-refractivity contribution < 1.29 is 22.4 Å². The first-order valence-electron chi connectivity index (χ1n) is 8.13. The molecule has 1 atom stereocenters. The number of hydrogen-bond acceptors (Lipinski definition) is 4. The number of thioether (sulfide) groups is 1. The lowest BCUT2D eigenvalue weighted by Crippen LogP contribution is -2.22. The molecule has 0 N–H and O–H groups in total. The van der Waals surface area contributed by atoms with E-state index in [4.69, 9.17) is 16.4 Å². The van der Waals surface area contributed by atoms with Crippen LogP contribution >= 0.6 is 23.4 Å². The number of aromatic nitrogens is 2. The lowest BCUT2D eigenvalue weighted by Gasteiger charge is -2.18. The van der Waals surface area contributed by atoms with Gasteiger partial charge >= 0.3 is 0 Å². The van der Waals surface area contributed by atoms with Crippen LogP contribution in [-0.2, 0) is 10.6 Å². The van der Waals surface area contributed by atoms with Crippen LogP contribution in [0.2, 0.25) is 5.15 Å². The van der Waals surface area contributed by atoms with E-state index < -0.39 is 29.4 Å². The fourth-order valence-electron chi connectivity index (χ4n) is 2.53. The Hall–Kier alpha value is -1.74. The highest BCUT2D eigenvalue weighted by Crippen LogP contribution is 2.36. The third-order valence-corrected chi connectivity index (χ3v) is 5.69. The minimum absolute atomic E-state index is 0.0727. The van der Waals surface area contributed by atoms with Crippen molar-refractivity contribution in [2.45, 2.75) is 44.5 Å². The van der Waals surface area contributed by atoms with E-state index in [0.29, 0.717) is 17.5 Å². The molecule has 0 saturated heterocycles. The summed E-state index contributed by atoms with van der Waals surface area (Å²) in [6.07, 6.45) is -1.58. The highest BCUT2D eigenvalue weighted by Gasteiger charge is 2.33. The van der Waals surface area contributed by atoms with E-state index in [1.54, 1.807) is 0 Å². The highest BCUT2D eigenvalue weighted by atomic mass is 35.5. The number of benzene rings is 1. The first-order valence-corrected chi connectivity index (χ1v) is 9.49. The van der Waals surface area contributed by atoms with Crippen LogP contribution in [0.5, 0.6) is 0 Å². The van der Waals surface area contributed by atoms with E-state index in [9.17, 15) is 17.6 Å². The summed E-state index contributed by atoms with van der Waals surface area (Å²) in [5.74, 6) is -1.67. The normalized spacial score (nSPS) is 19.5. The quantitative estimate of drug-likeness (QED) is 0.566. The Bertz CT molecular complexity index is 889. The molecule has 146 valence electrons. The Kier molecular flexibility index (Phi) is 5.71. The molecule has 3 rings (SSSR count). The van der Waals surface area contributed by atoms with Gasteiger partial charge in [-0.05, 0) is 25.5 Å². The van der Waals surface area contributed by atoms with Gasteiger partial charge < -0.3 is 4.84 Å². The molecule has 4 nitrogen and oxygen atoms in total. The van der Waals surface area contributed by atoms with E-state index in [2.05, 4.69) is 10.3 Å². The Labute approximate surface area is 162 Å². The van der Waals surface area contributed by atoms with Gasteiger partial charge in [0.05, 0.1) is 0 Å². The number of nitrogens with zero attached hydrogens (tertiary/aromatic N) is 3. The zero-order valence-corrected chi connectivity index (χ0v) is 16.1. The third-order valence-electron chi connectivity index (χ3n) is 4.32. The molecular weight excluding hydrogens is 406 g/mol. The van der Waals surface area contributed by atoms with E-state index in [0.717, 1.165) is 23.2 Å². The summed E-state index contributed by atoms with van der Waals surface area (Å²) >= 11 is 7.43. The van der Waals surface area contributed by atoms with Gasteiger partial charge in [-0.1, -0.05) is 23.7 Å². The van der Waals surface area contributed by atoms with E-state index in [1.165, 1.54) is 11.8 Å². The molecule has 0 spiro atoms. The van der Waals surface area contributed by atoms with Crippen molar-refractivity contribution in [1.29, 1.82) is 0 Å². The molecule has 1 aliphatic heterocycles. The maximum Gasteiger partial charge on any atom is 0.282 e. The zero-order chi connectivity index (χ0) is 19.8. The van der Waals surface area contributed by atoms with E-state index in [-0.39, 0.29) is 22.2 Å². The second-order valence-electron chi connectivity index (χ2n) is 6.31. The standard InChI is InChI=1S/C17H16ClF4N3OS/c1-3-17(2)7-13(24-26-17)27-8-10-14(16(21)22)23-25(15(10)18)12-5-4-9(19)6-11(12)20/h4-6,16H,3,7-8H2,1-2H3. The summed E-state index contributed by atoms with van der Waals surface area (Å²) in [7, 11) is 0. The number of halogens is 5. The van der Waals surface area contributed by atoms with Crippen LogP contribution in [0.15, 0.2) is 23.4 Å². The molecule has 1 aromatic heterocycles. The van der Waals surface area contributed by atoms with Crippen molar-refractivity contribution in [1.82, 2.24) is 9.78 Å². The molecule has 27 heavy (non-hydrogen) atoms. The SMILES string of the molecule is CCC1(C)CC(SCc2c(C(F)F)nn(-c3ccc(F)cc3F)c2Cl)=NO1. The fourth-order valence-corrected chi connectivity index (χ4v) is 4.00. The maximum atomic E-state index is 14.0. The Morgan fingerprint density at radius 1 is 1.37 bits per heavy atom. The Morgan fingerprint density at radius 2 is 2.11 bits per heavy atom. The first kappa shape index (κ1) is 20.0. The lowest BCUT2D eigenvalue weighted by molar-refractivity contribution is -0.00605. The summed E-state index contributed by atoms with van der Waals surface area (Å²) in [4.78, 5) is 5.38. The molecule has 0 saturated carbocycles. The van der Waals surface area contributed by atoms with Crippen molar-refractivity contribution in [3.05, 3.63) is 46.2 Å². The molecule has 0 bridgehead atoms. The largest absolute Gasteiger partial charge is 0.388 e. The van der Waals surface area contributed by atoms with Crippen LogP contribution in [0.3, 0.4) is 0 Å². The molecular formula is C17H16ClF4N3OS. The molecule has 2 aromatic rings. The van der Waals surface area contributed by atoms with Crippen LogP contribution in [0.25, 0.3) is 5.69 Å². The van der Waals surface area contributed by atoms with Gasteiger partial charge in [-0.15, -0.1) is 11.8 Å². The number of oxime groups is 1. The van der Waals surface area contributed by atoms with Gasteiger partial charge in [0.1, 0.15) is 33.0 Å². The van der Waals surface area contributed by atoms with Gasteiger partial charge in [-0.3, -0.25) is 0 Å². The Morgan fingerprint density at radius 3 is 2.70 bits per heavy atom. The molecule has 10 heteroatoms. The van der Waals surface area contributed by atoms with Gasteiger partial charge in [-0.25, -0.2) is 22.2 Å². The van der Waals surface area contributed by atoms with Crippen LogP contribution in [-0.4, -0.2) is 20.4 Å². The monoisotopic (exact) mass is 421 g/mol. The van der Waals surface area contributed by atoms with Crippen LogP contribution in [0.1, 0.15) is 44.4 Å². The van der Waals surface area contributed by atoms with Crippen molar-refractivity contribution in [3.63, 3.8) is 0 Å². The second-order valence-corrected chi connectivity index (χ2v) is 7.71. The number of hydrogen-bond donors (Lipinski definition) is 0. The van der Waals surface area contributed by atoms with Crippen molar-refractivity contribution in [3.8, 4) is 5.69 Å². The molecule has 0 radical (unpaired) electrons. The zero-order valence-electron chi connectivity index (χ0n) is 14.5. The van der Waals surface area contributed by atoms with Gasteiger partial charge in [-0.2, -0.15) is 5.10 Å². The number of rotatable bonds is 5. The van der Waals surface area contributed by atoms with Gasteiger partial charge in [0.15, 0.2) is 5.82 Å². The van der Waals surface area contributed by atoms with Crippen LogP contribution < -0.4 is 0 Å². The topological polar surface area (TPSA) is 39.4 Å². The maximum absolute atomic E-state index is 14.0. The molecule has 1 aliphatic rings. The summed E-state index contributed by atoms with van der Waals surface area (Å²) in [6.45, 7) is 3.88. The van der Waals surface area contributed by atoms with Crippen molar-refractivity contribution in [2.75, 3.05) is 0 Å². The average Bonchev–Trinajstić information content (AvgIpc) is 3.15. The highest BCUT2D eigenvalue weighted by molar-refractivity contribution is 8.13. The minimum atomic E-state index is -2.90. The fraction of sp³-hybridized carbons (Fsp3) is 0.412. The molecule has 0 fully saturated rings. The molecule has 1 aromatic carbocycles. The van der Waals surface area contributed by atoms with Gasteiger partial charge in [0, 0.05) is 23.8 Å². The molecule has 0 aliphatic carbocycles. The molecule has 0 amide bonds. The van der Waals surface area contributed by atoms with Crippen LogP contribution in [0, 0.1) is 11.6 Å². The van der Waals surface area contributed by atoms with E-state index in [1.807, 2.05) is 13.8 Å². The van der Waals surface area contributed by atoms with Crippen LogP contribution in [0.4, 0.5) is 17.6 Å². The van der Waals surface area contributed by atoms with Gasteiger partial charge in [0.25, 0.3) is 6.43 Å². The van der Waals surface area contributed by atoms with Crippen molar-refractivity contribution >= 4 is 28.4 Å². The summed E-state index contributed by atoms with van der Waals surface area (Å²) in [5.41, 5.74) is -1.08. The smallest absolute Gasteiger partial charge is 0.282 e. The lowest BCUT2D eigenvalue weighted by atomic mass is 10.0.